The van der Waals surface area contributed by atoms with Crippen LogP contribution in [0.2, 0.25) is 0 Å². The SMILES string of the molecule is Cc1cc(F)ccc1-n1cc(O)c(C(=O)N2CC(C(=O)O)CCC2C)n1. The third kappa shape index (κ3) is 3.26. The highest BCUT2D eigenvalue weighted by molar-refractivity contribution is 5.95. The molecule has 0 saturated carbocycles. The van der Waals surface area contributed by atoms with Gasteiger partial charge in [-0.05, 0) is 50.5 Å². The molecule has 0 aliphatic carbocycles. The van der Waals surface area contributed by atoms with Crippen LogP contribution in [-0.4, -0.2) is 49.4 Å². The number of halogens is 1. The third-order valence-corrected chi connectivity index (χ3v) is 4.80. The molecule has 1 saturated heterocycles. The van der Waals surface area contributed by atoms with E-state index in [1.807, 2.05) is 6.92 Å². The number of likely N-dealkylation sites (tertiary alicyclic amines) is 1. The van der Waals surface area contributed by atoms with Crippen LogP contribution in [0.3, 0.4) is 0 Å². The van der Waals surface area contributed by atoms with Gasteiger partial charge in [-0.3, -0.25) is 9.59 Å². The maximum Gasteiger partial charge on any atom is 0.308 e. The van der Waals surface area contributed by atoms with Gasteiger partial charge in [-0.1, -0.05) is 0 Å². The van der Waals surface area contributed by atoms with Crippen LogP contribution in [0.15, 0.2) is 24.4 Å². The smallest absolute Gasteiger partial charge is 0.308 e. The van der Waals surface area contributed by atoms with E-state index in [2.05, 4.69) is 5.10 Å². The predicted octanol–water partition coefficient (Wildman–Crippen LogP) is 2.35. The van der Waals surface area contributed by atoms with Gasteiger partial charge in [0.1, 0.15) is 5.82 Å². The number of piperidine rings is 1. The van der Waals surface area contributed by atoms with Crippen molar-refractivity contribution in [2.24, 2.45) is 5.92 Å². The van der Waals surface area contributed by atoms with Crippen LogP contribution in [0.4, 0.5) is 4.39 Å². The van der Waals surface area contributed by atoms with E-state index in [1.165, 1.54) is 34.0 Å². The third-order valence-electron chi connectivity index (χ3n) is 4.80. The van der Waals surface area contributed by atoms with Gasteiger partial charge in [0, 0.05) is 12.6 Å². The molecule has 138 valence electrons. The standard InChI is InChI=1S/C18H20FN3O4/c1-10-7-13(19)5-6-14(10)22-9-15(23)16(20-22)17(24)21-8-12(18(25)26)4-3-11(21)2/h5-7,9,11-12,23H,3-4,8H2,1-2H3,(H,25,26). The van der Waals surface area contributed by atoms with Gasteiger partial charge in [-0.15, -0.1) is 0 Å². The van der Waals surface area contributed by atoms with Crippen molar-refractivity contribution in [1.29, 1.82) is 0 Å². The molecule has 2 N–H and O–H groups in total. The molecule has 1 aliphatic rings. The number of carboxylic acid groups (broad SMARTS) is 1. The molecule has 1 aromatic heterocycles. The lowest BCUT2D eigenvalue weighted by molar-refractivity contribution is -0.143. The minimum absolute atomic E-state index is 0.0806. The van der Waals surface area contributed by atoms with Crippen LogP contribution < -0.4 is 0 Å². The number of aliphatic carboxylic acids is 1. The first-order valence-corrected chi connectivity index (χ1v) is 8.37. The lowest BCUT2D eigenvalue weighted by atomic mass is 9.93. The Morgan fingerprint density at radius 1 is 1.31 bits per heavy atom. The van der Waals surface area contributed by atoms with Crippen LogP contribution in [0, 0.1) is 18.7 Å². The van der Waals surface area contributed by atoms with Gasteiger partial charge in [-0.2, -0.15) is 5.10 Å². The Morgan fingerprint density at radius 3 is 2.69 bits per heavy atom. The van der Waals surface area contributed by atoms with Crippen molar-refractivity contribution in [2.75, 3.05) is 6.54 Å². The zero-order chi connectivity index (χ0) is 19.0. The molecular weight excluding hydrogens is 341 g/mol. The number of carbonyl (C=O) groups excluding carboxylic acids is 1. The van der Waals surface area contributed by atoms with Crippen LogP contribution in [0.5, 0.6) is 5.75 Å². The maximum absolute atomic E-state index is 13.3. The monoisotopic (exact) mass is 361 g/mol. The van der Waals surface area contributed by atoms with Gasteiger partial charge < -0.3 is 15.1 Å². The average Bonchev–Trinajstić information content (AvgIpc) is 2.96. The van der Waals surface area contributed by atoms with Crippen molar-refractivity contribution in [3.05, 3.63) is 41.5 Å². The van der Waals surface area contributed by atoms with Gasteiger partial charge in [0.05, 0.1) is 17.8 Å². The van der Waals surface area contributed by atoms with Crippen molar-refractivity contribution < 1.29 is 24.2 Å². The summed E-state index contributed by atoms with van der Waals surface area (Å²) in [6.07, 6.45) is 2.37. The highest BCUT2D eigenvalue weighted by Gasteiger charge is 2.35. The maximum atomic E-state index is 13.3. The Morgan fingerprint density at radius 2 is 2.04 bits per heavy atom. The second-order valence-corrected chi connectivity index (χ2v) is 6.66. The summed E-state index contributed by atoms with van der Waals surface area (Å²) in [5.74, 6) is -2.77. The Labute approximate surface area is 149 Å². The fourth-order valence-corrected chi connectivity index (χ4v) is 3.24. The van der Waals surface area contributed by atoms with Crippen LogP contribution >= 0.6 is 0 Å². The molecule has 0 radical (unpaired) electrons. The first-order valence-electron chi connectivity index (χ1n) is 8.37. The molecule has 0 bridgehead atoms. The van der Waals surface area contributed by atoms with E-state index < -0.39 is 17.8 Å². The summed E-state index contributed by atoms with van der Waals surface area (Å²) in [7, 11) is 0. The van der Waals surface area contributed by atoms with Gasteiger partial charge in [0.25, 0.3) is 5.91 Å². The molecule has 8 heteroatoms. The number of rotatable bonds is 3. The number of aromatic nitrogens is 2. The van der Waals surface area contributed by atoms with Crippen molar-refractivity contribution >= 4 is 11.9 Å². The summed E-state index contributed by atoms with van der Waals surface area (Å²) in [5, 5.41) is 23.6. The summed E-state index contributed by atoms with van der Waals surface area (Å²) >= 11 is 0. The van der Waals surface area contributed by atoms with Crippen molar-refractivity contribution in [3.8, 4) is 11.4 Å². The predicted molar refractivity (Wildman–Crippen MR) is 90.8 cm³/mol. The Hall–Kier alpha value is -2.90. The van der Waals surface area contributed by atoms with E-state index in [0.29, 0.717) is 24.1 Å². The van der Waals surface area contributed by atoms with Crippen LogP contribution in [0.1, 0.15) is 35.8 Å². The number of aryl methyl sites for hydroxylation is 1. The van der Waals surface area contributed by atoms with Gasteiger partial charge >= 0.3 is 5.97 Å². The topological polar surface area (TPSA) is 95.7 Å². The van der Waals surface area contributed by atoms with Crippen LogP contribution in [-0.2, 0) is 4.79 Å². The number of aromatic hydroxyl groups is 1. The molecule has 2 heterocycles. The lowest BCUT2D eigenvalue weighted by Gasteiger charge is -2.36. The largest absolute Gasteiger partial charge is 0.504 e. The van der Waals surface area contributed by atoms with Crippen molar-refractivity contribution in [3.63, 3.8) is 0 Å². The second-order valence-electron chi connectivity index (χ2n) is 6.66. The average molecular weight is 361 g/mol. The molecule has 0 spiro atoms. The molecule has 2 aromatic rings. The Balaban J connectivity index is 1.90. The number of carbonyl (C=O) groups is 2. The first-order chi connectivity index (χ1) is 12.3. The zero-order valence-electron chi connectivity index (χ0n) is 14.5. The molecule has 3 rings (SSSR count). The fourth-order valence-electron chi connectivity index (χ4n) is 3.24. The molecule has 26 heavy (non-hydrogen) atoms. The summed E-state index contributed by atoms with van der Waals surface area (Å²) in [6, 6.07) is 3.97. The normalized spacial score (nSPS) is 20.2. The van der Waals surface area contributed by atoms with Gasteiger partial charge in [0.2, 0.25) is 0 Å². The molecule has 7 nitrogen and oxygen atoms in total. The van der Waals surface area contributed by atoms with E-state index in [9.17, 15) is 24.2 Å². The fraction of sp³-hybridized carbons (Fsp3) is 0.389. The summed E-state index contributed by atoms with van der Waals surface area (Å²) < 4.78 is 14.6. The molecule has 1 amide bonds. The van der Waals surface area contributed by atoms with Gasteiger partial charge in [0.15, 0.2) is 11.4 Å². The number of benzene rings is 1. The van der Waals surface area contributed by atoms with E-state index in [1.54, 1.807) is 6.92 Å². The number of nitrogens with zero attached hydrogens (tertiary/aromatic N) is 3. The number of carboxylic acids is 1. The zero-order valence-corrected chi connectivity index (χ0v) is 14.5. The molecule has 1 aromatic carbocycles. The Bertz CT molecular complexity index is 864. The summed E-state index contributed by atoms with van der Waals surface area (Å²) in [4.78, 5) is 25.5. The molecule has 1 aliphatic heterocycles. The summed E-state index contributed by atoms with van der Waals surface area (Å²) in [5.41, 5.74) is 0.992. The van der Waals surface area contributed by atoms with E-state index in [4.69, 9.17) is 0 Å². The minimum atomic E-state index is -0.939. The molecule has 2 atom stereocenters. The van der Waals surface area contributed by atoms with E-state index in [-0.39, 0.29) is 29.8 Å². The number of amides is 1. The molecular formula is C18H20FN3O4. The Kier molecular flexibility index (Phi) is 4.67. The van der Waals surface area contributed by atoms with E-state index in [0.717, 1.165) is 0 Å². The minimum Gasteiger partial charge on any atom is -0.504 e. The highest BCUT2D eigenvalue weighted by atomic mass is 19.1. The number of hydrogen-bond donors (Lipinski definition) is 2. The lowest BCUT2D eigenvalue weighted by Crippen LogP contribution is -2.47. The molecule has 1 fully saturated rings. The van der Waals surface area contributed by atoms with Crippen molar-refractivity contribution in [1.82, 2.24) is 14.7 Å². The quantitative estimate of drug-likeness (QED) is 0.875. The van der Waals surface area contributed by atoms with Crippen molar-refractivity contribution in [2.45, 2.75) is 32.7 Å². The summed E-state index contributed by atoms with van der Waals surface area (Å²) in [6.45, 7) is 3.62. The highest BCUT2D eigenvalue weighted by Crippen LogP contribution is 2.27. The van der Waals surface area contributed by atoms with Gasteiger partial charge in [-0.25, -0.2) is 9.07 Å². The first kappa shape index (κ1) is 17.9. The number of hydrogen-bond acceptors (Lipinski definition) is 4. The molecule has 2 unspecified atom stereocenters. The van der Waals surface area contributed by atoms with Crippen LogP contribution in [0.25, 0.3) is 5.69 Å². The van der Waals surface area contributed by atoms with E-state index >= 15 is 0 Å². The second kappa shape index (κ2) is 6.78.